The Labute approximate surface area is 84.5 Å². The predicted molar refractivity (Wildman–Crippen MR) is 55.7 cm³/mol. The summed E-state index contributed by atoms with van der Waals surface area (Å²) in [5.41, 5.74) is 1.08. The maximum absolute atomic E-state index is 11.3. The largest absolute Gasteiger partial charge is 0.359 e. The van der Waals surface area contributed by atoms with Crippen molar-refractivity contribution in [1.82, 2.24) is 10.6 Å². The van der Waals surface area contributed by atoms with Gasteiger partial charge in [0.2, 0.25) is 5.91 Å². The summed E-state index contributed by atoms with van der Waals surface area (Å²) < 4.78 is 0. The van der Waals surface area contributed by atoms with E-state index in [-0.39, 0.29) is 11.3 Å². The number of hydrogen-bond acceptors (Lipinski definition) is 2. The fraction of sp³-hybridized carbons (Fsp3) is 0.667. The van der Waals surface area contributed by atoms with Crippen LogP contribution in [0.1, 0.15) is 13.8 Å². The van der Waals surface area contributed by atoms with Gasteiger partial charge in [-0.25, -0.2) is 0 Å². The van der Waals surface area contributed by atoms with Crippen LogP contribution < -0.4 is 10.6 Å². The Balaban J connectivity index is 3.81. The highest BCUT2D eigenvalue weighted by Gasteiger charge is 2.25. The van der Waals surface area contributed by atoms with Crippen molar-refractivity contribution < 1.29 is 4.79 Å². The van der Waals surface area contributed by atoms with E-state index >= 15 is 0 Å². The lowest BCUT2D eigenvalue weighted by molar-refractivity contribution is -0.128. The molecule has 0 heterocycles. The zero-order chi connectivity index (χ0) is 10.3. The smallest absolute Gasteiger partial charge is 0.226 e. The van der Waals surface area contributed by atoms with Crippen LogP contribution in [0, 0.1) is 5.41 Å². The number of halogens is 1. The Morgan fingerprint density at radius 3 is 2.62 bits per heavy atom. The second-order valence-electron chi connectivity index (χ2n) is 3.46. The Morgan fingerprint density at radius 2 is 2.15 bits per heavy atom. The average Bonchev–Trinajstić information content (AvgIpc) is 2.11. The zero-order valence-corrected chi connectivity index (χ0v) is 9.11. The van der Waals surface area contributed by atoms with Crippen LogP contribution in [0.3, 0.4) is 0 Å². The van der Waals surface area contributed by atoms with Crippen LogP contribution in [0.2, 0.25) is 0 Å². The summed E-state index contributed by atoms with van der Waals surface area (Å²) in [5.74, 6) is 0.0369. The first-order valence-corrected chi connectivity index (χ1v) is 4.66. The van der Waals surface area contributed by atoms with Gasteiger partial charge in [0.1, 0.15) is 0 Å². The lowest BCUT2D eigenvalue weighted by atomic mass is 9.92. The molecule has 0 bridgehead atoms. The van der Waals surface area contributed by atoms with Crippen LogP contribution in [0.4, 0.5) is 0 Å². The van der Waals surface area contributed by atoms with E-state index in [9.17, 15) is 4.79 Å². The molecule has 0 rings (SSSR count). The van der Waals surface area contributed by atoms with E-state index in [1.807, 2.05) is 13.8 Å². The van der Waals surface area contributed by atoms with E-state index in [0.717, 1.165) is 0 Å². The number of carbonyl (C=O) groups excluding carboxylic acids is 1. The Hall–Kier alpha value is -0.540. The second-order valence-corrected chi connectivity index (χ2v) is 3.71. The van der Waals surface area contributed by atoms with Crippen LogP contribution >= 0.6 is 11.6 Å². The number of carbonyl (C=O) groups is 1. The van der Waals surface area contributed by atoms with Gasteiger partial charge in [0.05, 0.1) is 5.41 Å². The van der Waals surface area contributed by atoms with Gasteiger partial charge in [-0.2, -0.15) is 0 Å². The lowest BCUT2D eigenvalue weighted by Gasteiger charge is -2.22. The molecule has 0 saturated carbocycles. The Kier molecular flexibility index (Phi) is 5.75. The van der Waals surface area contributed by atoms with E-state index in [2.05, 4.69) is 10.6 Å². The normalized spacial score (nSPS) is 12.0. The summed E-state index contributed by atoms with van der Waals surface area (Å²) in [6.07, 6.45) is 1.79. The van der Waals surface area contributed by atoms with Gasteiger partial charge in [-0.1, -0.05) is 17.7 Å². The molecule has 0 atom stereocenters. The molecule has 0 spiro atoms. The van der Waals surface area contributed by atoms with Crippen molar-refractivity contribution in [2.24, 2.45) is 5.41 Å². The van der Waals surface area contributed by atoms with Crippen LogP contribution in [0.15, 0.2) is 11.6 Å². The van der Waals surface area contributed by atoms with Crippen LogP contribution in [0.5, 0.6) is 0 Å². The molecule has 76 valence electrons. The van der Waals surface area contributed by atoms with Crippen molar-refractivity contribution in [3.8, 4) is 0 Å². The summed E-state index contributed by atoms with van der Waals surface area (Å²) >= 11 is 5.34. The summed E-state index contributed by atoms with van der Waals surface area (Å²) in [4.78, 5) is 11.3. The highest BCUT2D eigenvalue weighted by Crippen LogP contribution is 2.12. The van der Waals surface area contributed by atoms with E-state index in [1.165, 1.54) is 5.54 Å². The number of amides is 1. The maximum atomic E-state index is 11.3. The molecule has 0 saturated heterocycles. The SMILES string of the molecule is CNC(=O)C(C)(C)CNC/C=C/Cl. The molecular formula is C9H17ClN2O. The number of rotatable bonds is 5. The molecule has 0 fully saturated rings. The van der Waals surface area contributed by atoms with Crippen LogP contribution in [0.25, 0.3) is 0 Å². The Bertz CT molecular complexity index is 190. The van der Waals surface area contributed by atoms with Gasteiger partial charge in [0.15, 0.2) is 0 Å². The lowest BCUT2D eigenvalue weighted by Crippen LogP contribution is -2.42. The van der Waals surface area contributed by atoms with E-state index in [1.54, 1.807) is 13.1 Å². The van der Waals surface area contributed by atoms with Crippen molar-refractivity contribution in [3.63, 3.8) is 0 Å². The van der Waals surface area contributed by atoms with Gasteiger partial charge in [-0.3, -0.25) is 4.79 Å². The summed E-state index contributed by atoms with van der Waals surface area (Å²) in [5, 5.41) is 5.73. The fourth-order valence-electron chi connectivity index (χ4n) is 0.931. The molecular weight excluding hydrogens is 188 g/mol. The van der Waals surface area contributed by atoms with E-state index in [0.29, 0.717) is 13.1 Å². The molecule has 0 radical (unpaired) electrons. The van der Waals surface area contributed by atoms with Gasteiger partial charge in [0, 0.05) is 25.7 Å². The second kappa shape index (κ2) is 6.00. The van der Waals surface area contributed by atoms with Crippen molar-refractivity contribution in [3.05, 3.63) is 11.6 Å². The highest BCUT2D eigenvalue weighted by molar-refractivity contribution is 6.25. The third-order valence-electron chi connectivity index (χ3n) is 1.76. The Morgan fingerprint density at radius 1 is 1.54 bits per heavy atom. The van der Waals surface area contributed by atoms with Crippen LogP contribution in [-0.4, -0.2) is 26.0 Å². The average molecular weight is 205 g/mol. The quantitative estimate of drug-likeness (QED) is 0.659. The molecule has 0 aliphatic rings. The van der Waals surface area contributed by atoms with Crippen molar-refractivity contribution in [2.75, 3.05) is 20.1 Å². The van der Waals surface area contributed by atoms with Crippen molar-refractivity contribution in [2.45, 2.75) is 13.8 Å². The molecule has 3 nitrogen and oxygen atoms in total. The first kappa shape index (κ1) is 12.5. The first-order valence-electron chi connectivity index (χ1n) is 4.22. The van der Waals surface area contributed by atoms with Gasteiger partial charge < -0.3 is 10.6 Å². The van der Waals surface area contributed by atoms with Crippen LogP contribution in [-0.2, 0) is 4.79 Å². The molecule has 13 heavy (non-hydrogen) atoms. The highest BCUT2D eigenvalue weighted by atomic mass is 35.5. The molecule has 4 heteroatoms. The van der Waals surface area contributed by atoms with Gasteiger partial charge in [-0.05, 0) is 13.8 Å². The van der Waals surface area contributed by atoms with Gasteiger partial charge in [0.25, 0.3) is 0 Å². The zero-order valence-electron chi connectivity index (χ0n) is 8.36. The minimum atomic E-state index is -0.380. The molecule has 0 aliphatic heterocycles. The summed E-state index contributed by atoms with van der Waals surface area (Å²) in [7, 11) is 1.64. The summed E-state index contributed by atoms with van der Waals surface area (Å²) in [6.45, 7) is 5.10. The third-order valence-corrected chi connectivity index (χ3v) is 1.94. The molecule has 0 unspecified atom stereocenters. The molecule has 0 aliphatic carbocycles. The number of nitrogens with one attached hydrogen (secondary N) is 2. The molecule has 0 aromatic carbocycles. The van der Waals surface area contributed by atoms with E-state index < -0.39 is 0 Å². The minimum absolute atomic E-state index is 0.0369. The molecule has 0 aromatic heterocycles. The molecule has 2 N–H and O–H groups in total. The first-order chi connectivity index (χ1) is 6.04. The van der Waals surface area contributed by atoms with Crippen molar-refractivity contribution in [1.29, 1.82) is 0 Å². The molecule has 0 aromatic rings. The topological polar surface area (TPSA) is 41.1 Å². The van der Waals surface area contributed by atoms with Gasteiger partial charge in [-0.15, -0.1) is 0 Å². The van der Waals surface area contributed by atoms with Crippen molar-refractivity contribution >= 4 is 17.5 Å². The van der Waals surface area contributed by atoms with E-state index in [4.69, 9.17) is 11.6 Å². The number of hydrogen-bond donors (Lipinski definition) is 2. The minimum Gasteiger partial charge on any atom is -0.359 e. The monoisotopic (exact) mass is 204 g/mol. The summed E-state index contributed by atoms with van der Waals surface area (Å²) in [6, 6.07) is 0. The third kappa shape index (κ3) is 4.90. The fourth-order valence-corrected chi connectivity index (χ4v) is 1.02. The maximum Gasteiger partial charge on any atom is 0.226 e. The molecule has 1 amide bonds. The standard InChI is InChI=1S/C9H17ClN2O/c1-9(2,8(13)11-3)7-12-6-4-5-10/h4-5,12H,6-7H2,1-3H3,(H,11,13)/b5-4+. The van der Waals surface area contributed by atoms with Gasteiger partial charge >= 0.3 is 0 Å². The predicted octanol–water partition coefficient (Wildman–Crippen LogP) is 1.10.